The Morgan fingerprint density at radius 2 is 0.614 bits per heavy atom. The van der Waals surface area contributed by atoms with Crippen LogP contribution in [0.3, 0.4) is 0 Å². The van der Waals surface area contributed by atoms with Crippen molar-refractivity contribution in [3.63, 3.8) is 0 Å². The quantitative estimate of drug-likeness (QED) is 0.155. The van der Waals surface area contributed by atoms with E-state index in [2.05, 4.69) is 207 Å². The van der Waals surface area contributed by atoms with Crippen LogP contribution >= 0.6 is 0 Å². The fourth-order valence-corrected chi connectivity index (χ4v) is 10.8. The number of ether oxygens (including phenoxy) is 2. The van der Waals surface area contributed by atoms with Crippen LogP contribution in [0.2, 0.25) is 0 Å². The zero-order chi connectivity index (χ0) is 47.0. The minimum Gasteiger partial charge on any atom is -0.453 e. The van der Waals surface area contributed by atoms with Crippen LogP contribution in [0, 0.1) is 27.7 Å². The van der Waals surface area contributed by atoms with E-state index in [1.54, 1.807) is 0 Å². The lowest BCUT2D eigenvalue weighted by Crippen LogP contribution is -2.15. The van der Waals surface area contributed by atoms with Gasteiger partial charge < -0.3 is 19.3 Å². The fraction of sp³-hybridized carbons (Fsp3) is 0.0606. The number of hydrogen-bond acceptors (Lipinski definition) is 4. The summed E-state index contributed by atoms with van der Waals surface area (Å²) >= 11 is 0. The minimum absolute atomic E-state index is 0.839. The number of rotatable bonds is 6. The molecule has 0 saturated carbocycles. The number of para-hydroxylation sites is 8. The molecule has 4 heteroatoms. The molecule has 0 N–H and O–H groups in total. The molecule has 4 nitrogen and oxygen atoms in total. The third kappa shape index (κ3) is 6.83. The maximum Gasteiger partial charge on any atom is 0.151 e. The molecule has 2 aliphatic rings. The number of fused-ring (bicyclic) bond motifs is 6. The van der Waals surface area contributed by atoms with E-state index in [0.29, 0.717) is 0 Å². The van der Waals surface area contributed by atoms with E-state index in [9.17, 15) is 0 Å². The Balaban J connectivity index is 1.06. The lowest BCUT2D eigenvalue weighted by molar-refractivity contribution is 0.476. The van der Waals surface area contributed by atoms with Crippen LogP contribution < -0.4 is 19.3 Å². The molecule has 0 spiro atoms. The van der Waals surface area contributed by atoms with Crippen LogP contribution in [0.4, 0.5) is 34.1 Å². The normalized spacial score (nSPS) is 12.5. The van der Waals surface area contributed by atoms with Gasteiger partial charge in [0, 0.05) is 11.4 Å². The fourth-order valence-electron chi connectivity index (χ4n) is 10.8. The van der Waals surface area contributed by atoms with Gasteiger partial charge in [-0.2, -0.15) is 0 Å². The van der Waals surface area contributed by atoms with E-state index in [-0.39, 0.29) is 0 Å². The van der Waals surface area contributed by atoms with Crippen molar-refractivity contribution in [1.82, 2.24) is 0 Å². The lowest BCUT2D eigenvalue weighted by Gasteiger charge is -2.33. The van der Waals surface area contributed by atoms with Gasteiger partial charge in [-0.1, -0.05) is 145 Å². The van der Waals surface area contributed by atoms with Gasteiger partial charge in [0.05, 0.1) is 22.7 Å². The van der Waals surface area contributed by atoms with Crippen LogP contribution in [0.5, 0.6) is 23.0 Å². The number of benzene rings is 11. The van der Waals surface area contributed by atoms with Crippen LogP contribution in [0.15, 0.2) is 218 Å². The van der Waals surface area contributed by atoms with Crippen LogP contribution in [-0.2, 0) is 0 Å². The molecule has 0 unspecified atom stereocenters. The number of anilines is 6. The summed E-state index contributed by atoms with van der Waals surface area (Å²) in [6.07, 6.45) is 0. The molecule has 13 rings (SSSR count). The minimum atomic E-state index is 0.839. The van der Waals surface area contributed by atoms with Gasteiger partial charge in [0.25, 0.3) is 0 Å². The van der Waals surface area contributed by atoms with Crippen LogP contribution in [-0.4, -0.2) is 0 Å². The molecule has 2 aliphatic heterocycles. The second kappa shape index (κ2) is 16.4. The maximum absolute atomic E-state index is 6.42. The highest BCUT2D eigenvalue weighted by molar-refractivity contribution is 6.23. The molecular weight excluding hydrogens is 853 g/mol. The zero-order valence-corrected chi connectivity index (χ0v) is 39.5. The Bertz CT molecular complexity index is 3540. The Morgan fingerprint density at radius 3 is 0.957 bits per heavy atom. The van der Waals surface area contributed by atoms with Gasteiger partial charge in [-0.3, -0.25) is 0 Å². The molecule has 0 aromatic heterocycles. The van der Waals surface area contributed by atoms with Crippen molar-refractivity contribution in [2.45, 2.75) is 27.7 Å². The van der Waals surface area contributed by atoms with Gasteiger partial charge in [0.2, 0.25) is 0 Å². The van der Waals surface area contributed by atoms with E-state index < -0.39 is 0 Å². The summed E-state index contributed by atoms with van der Waals surface area (Å²) in [5.41, 5.74) is 20.7. The summed E-state index contributed by atoms with van der Waals surface area (Å²) in [6.45, 7) is 8.82. The Labute approximate surface area is 408 Å². The third-order valence-corrected chi connectivity index (χ3v) is 14.2. The van der Waals surface area contributed by atoms with Gasteiger partial charge in [-0.25, -0.2) is 0 Å². The molecule has 0 amide bonds. The summed E-state index contributed by atoms with van der Waals surface area (Å²) in [6, 6.07) is 79.2. The molecule has 0 fully saturated rings. The van der Waals surface area contributed by atoms with Crippen molar-refractivity contribution in [2.75, 3.05) is 9.80 Å². The van der Waals surface area contributed by atoms with Gasteiger partial charge in [-0.05, 0) is 190 Å². The van der Waals surface area contributed by atoms with Crippen LogP contribution in [0.25, 0.3) is 66.1 Å². The topological polar surface area (TPSA) is 24.9 Å². The van der Waals surface area contributed by atoms with E-state index in [4.69, 9.17) is 9.47 Å². The molecule has 0 saturated heterocycles. The number of hydrogen-bond donors (Lipinski definition) is 0. The number of aryl methyl sites for hydroxylation is 4. The highest BCUT2D eigenvalue weighted by Crippen LogP contribution is 2.54. The van der Waals surface area contributed by atoms with Gasteiger partial charge in [0.15, 0.2) is 23.0 Å². The summed E-state index contributed by atoms with van der Waals surface area (Å²) in [5, 5.41) is 4.83. The van der Waals surface area contributed by atoms with E-state index in [1.165, 1.54) is 88.3 Å². The molecule has 334 valence electrons. The molecule has 11 aromatic rings. The van der Waals surface area contributed by atoms with Crippen molar-refractivity contribution in [3.8, 4) is 67.5 Å². The molecule has 0 bridgehead atoms. The smallest absolute Gasteiger partial charge is 0.151 e. The van der Waals surface area contributed by atoms with Gasteiger partial charge in [-0.15, -0.1) is 0 Å². The van der Waals surface area contributed by atoms with Crippen molar-refractivity contribution in [3.05, 3.63) is 241 Å². The monoisotopic (exact) mass is 900 g/mol. The van der Waals surface area contributed by atoms with Crippen molar-refractivity contribution >= 4 is 55.7 Å². The molecule has 11 aromatic carbocycles. The summed E-state index contributed by atoms with van der Waals surface area (Å²) in [4.78, 5) is 4.66. The van der Waals surface area contributed by atoms with E-state index in [1.807, 2.05) is 48.5 Å². The highest BCUT2D eigenvalue weighted by Gasteiger charge is 2.29. The molecular formula is C66H48N2O2. The average molecular weight is 901 g/mol. The SMILES string of the molecule is Cc1ccc(-c2ccc3c(-c4ccc(N5c6ccccc6Oc6ccccc65)cc4C)c4cc(-c5ccc(C)cc5)ccc4c(-c4ccc(N5c6ccccc6Oc6ccccc65)cc4C)c3c2)cc1. The second-order valence-corrected chi connectivity index (χ2v) is 18.7. The Hall–Kier alpha value is -8.86. The molecule has 0 radical (unpaired) electrons. The predicted octanol–water partition coefficient (Wildman–Crippen LogP) is 19.0. The summed E-state index contributed by atoms with van der Waals surface area (Å²) in [7, 11) is 0. The van der Waals surface area contributed by atoms with E-state index >= 15 is 0 Å². The largest absolute Gasteiger partial charge is 0.453 e. The van der Waals surface area contributed by atoms with E-state index in [0.717, 1.165) is 57.1 Å². The zero-order valence-electron chi connectivity index (χ0n) is 39.5. The Kier molecular flexibility index (Phi) is 9.70. The third-order valence-electron chi connectivity index (χ3n) is 14.2. The summed E-state index contributed by atoms with van der Waals surface area (Å²) in [5.74, 6) is 3.36. The number of nitrogens with zero attached hydrogens (tertiary/aromatic N) is 2. The molecule has 0 atom stereocenters. The van der Waals surface area contributed by atoms with Crippen molar-refractivity contribution in [2.24, 2.45) is 0 Å². The second-order valence-electron chi connectivity index (χ2n) is 18.7. The lowest BCUT2D eigenvalue weighted by atomic mass is 9.82. The Morgan fingerprint density at radius 1 is 0.286 bits per heavy atom. The van der Waals surface area contributed by atoms with Gasteiger partial charge >= 0.3 is 0 Å². The maximum atomic E-state index is 6.42. The molecule has 2 heterocycles. The molecule has 70 heavy (non-hydrogen) atoms. The van der Waals surface area contributed by atoms with Crippen molar-refractivity contribution in [1.29, 1.82) is 0 Å². The first-order valence-electron chi connectivity index (χ1n) is 24.1. The predicted molar refractivity (Wildman–Crippen MR) is 292 cm³/mol. The first-order chi connectivity index (χ1) is 34.3. The average Bonchev–Trinajstić information content (AvgIpc) is 3.39. The first-order valence-corrected chi connectivity index (χ1v) is 24.1. The van der Waals surface area contributed by atoms with Gasteiger partial charge in [0.1, 0.15) is 0 Å². The standard InChI is InChI=1S/C66H48N2O2/c1-41-21-25-45(26-22-41)47-29-33-53-55(39-47)65(51-35-31-49(37-43(51)3)67-57-13-5-9-17-61(57)69-62-18-10-6-14-58(62)67)54-34-30-48(46-27-23-42(2)24-28-46)40-56(54)66(53)52-36-32-50(38-44(52)4)68-59-15-7-11-19-63(59)70-64-20-12-8-16-60(64)68/h5-40H,1-4H3. The summed E-state index contributed by atoms with van der Waals surface area (Å²) < 4.78 is 12.8. The molecule has 0 aliphatic carbocycles. The van der Waals surface area contributed by atoms with Crippen molar-refractivity contribution < 1.29 is 9.47 Å². The van der Waals surface area contributed by atoms with Crippen LogP contribution in [0.1, 0.15) is 22.3 Å². The first kappa shape index (κ1) is 41.3. The highest BCUT2D eigenvalue weighted by atomic mass is 16.5.